The number of benzene rings is 3. The van der Waals surface area contributed by atoms with Crippen molar-refractivity contribution in [2.24, 2.45) is 5.92 Å². The Labute approximate surface area is 204 Å². The van der Waals surface area contributed by atoms with Crippen LogP contribution in [-0.2, 0) is 33.9 Å². The lowest BCUT2D eigenvalue weighted by molar-refractivity contribution is -0.156. The Morgan fingerprint density at radius 2 is 1.57 bits per heavy atom. The van der Waals surface area contributed by atoms with Crippen LogP contribution in [0.15, 0.2) is 78.9 Å². The highest BCUT2D eigenvalue weighted by atomic mass is 16.5. The minimum Gasteiger partial charge on any atom is -0.489 e. The summed E-state index contributed by atoms with van der Waals surface area (Å²) in [7, 11) is 1.33. The molecule has 0 amide bonds. The van der Waals surface area contributed by atoms with Crippen LogP contribution in [0, 0.1) is 5.92 Å². The smallest absolute Gasteiger partial charge is 0.337 e. The molecule has 0 saturated heterocycles. The van der Waals surface area contributed by atoms with Crippen molar-refractivity contribution in [2.75, 3.05) is 13.7 Å². The van der Waals surface area contributed by atoms with E-state index in [9.17, 15) is 19.8 Å². The minimum atomic E-state index is -1.04. The molecule has 7 heteroatoms. The molecule has 0 heterocycles. The van der Waals surface area contributed by atoms with Gasteiger partial charge in [0.2, 0.25) is 0 Å². The second-order valence-electron chi connectivity index (χ2n) is 8.12. The lowest BCUT2D eigenvalue weighted by Crippen LogP contribution is -2.33. The first-order valence-electron chi connectivity index (χ1n) is 11.4. The average molecular weight is 479 g/mol. The van der Waals surface area contributed by atoms with Gasteiger partial charge < -0.3 is 24.4 Å². The van der Waals surface area contributed by atoms with Crippen molar-refractivity contribution in [1.82, 2.24) is 0 Å². The van der Waals surface area contributed by atoms with Gasteiger partial charge in [0.15, 0.2) is 0 Å². The number of methoxy groups -OCH3 is 1. The molecular formula is C28H30O7. The number of rotatable bonds is 12. The SMILES string of the molecule is COC(=O)c1cccc(OCc2cccc(CC[C@@H](O)[C@@H](CO)C(=O)OCc3ccccc3)c2)c1. The molecule has 0 saturated carbocycles. The van der Waals surface area contributed by atoms with Gasteiger partial charge in [-0.1, -0.05) is 60.7 Å². The highest BCUT2D eigenvalue weighted by Crippen LogP contribution is 2.18. The van der Waals surface area contributed by atoms with E-state index in [1.807, 2.05) is 54.6 Å². The van der Waals surface area contributed by atoms with E-state index < -0.39 is 30.6 Å². The Bertz CT molecular complexity index is 1100. The topological polar surface area (TPSA) is 102 Å². The third-order valence-electron chi connectivity index (χ3n) is 5.57. The molecule has 35 heavy (non-hydrogen) atoms. The lowest BCUT2D eigenvalue weighted by atomic mass is 9.96. The Balaban J connectivity index is 1.51. The Hall–Kier alpha value is -3.68. The second kappa shape index (κ2) is 13.3. The molecule has 3 aromatic rings. The van der Waals surface area contributed by atoms with Gasteiger partial charge in [0, 0.05) is 0 Å². The molecule has 0 radical (unpaired) electrons. The fraction of sp³-hybridized carbons (Fsp3) is 0.286. The first kappa shape index (κ1) is 25.9. The van der Waals surface area contributed by atoms with Gasteiger partial charge in [-0.05, 0) is 47.7 Å². The van der Waals surface area contributed by atoms with Crippen LogP contribution >= 0.6 is 0 Å². The van der Waals surface area contributed by atoms with Gasteiger partial charge in [0.25, 0.3) is 0 Å². The van der Waals surface area contributed by atoms with Gasteiger partial charge in [0.1, 0.15) is 24.9 Å². The average Bonchev–Trinajstić information content (AvgIpc) is 2.90. The molecule has 0 aromatic heterocycles. The quantitative estimate of drug-likeness (QED) is 0.383. The Morgan fingerprint density at radius 1 is 0.857 bits per heavy atom. The summed E-state index contributed by atoms with van der Waals surface area (Å²) < 4.78 is 15.8. The van der Waals surface area contributed by atoms with E-state index in [1.54, 1.807) is 24.3 Å². The molecule has 3 aromatic carbocycles. The van der Waals surface area contributed by atoms with Gasteiger partial charge in [0.05, 0.1) is 25.4 Å². The van der Waals surface area contributed by atoms with Crippen molar-refractivity contribution in [3.05, 3.63) is 101 Å². The Morgan fingerprint density at radius 3 is 2.31 bits per heavy atom. The summed E-state index contributed by atoms with van der Waals surface area (Å²) in [6.07, 6.45) is -0.240. The van der Waals surface area contributed by atoms with E-state index in [1.165, 1.54) is 7.11 Å². The van der Waals surface area contributed by atoms with Crippen molar-refractivity contribution >= 4 is 11.9 Å². The third kappa shape index (κ3) is 7.95. The fourth-order valence-corrected chi connectivity index (χ4v) is 3.58. The zero-order valence-electron chi connectivity index (χ0n) is 19.6. The van der Waals surface area contributed by atoms with Crippen LogP contribution in [0.3, 0.4) is 0 Å². The van der Waals surface area contributed by atoms with Crippen LogP contribution in [0.5, 0.6) is 5.75 Å². The summed E-state index contributed by atoms with van der Waals surface area (Å²) in [5, 5.41) is 20.2. The number of hydrogen-bond acceptors (Lipinski definition) is 7. The summed E-state index contributed by atoms with van der Waals surface area (Å²) in [6, 6.07) is 23.7. The van der Waals surface area contributed by atoms with Gasteiger partial charge in [-0.3, -0.25) is 4.79 Å². The number of ether oxygens (including phenoxy) is 3. The second-order valence-corrected chi connectivity index (χ2v) is 8.12. The van der Waals surface area contributed by atoms with Gasteiger partial charge in [-0.25, -0.2) is 4.79 Å². The van der Waals surface area contributed by atoms with Crippen LogP contribution in [0.25, 0.3) is 0 Å². The van der Waals surface area contributed by atoms with E-state index in [0.717, 1.165) is 16.7 Å². The van der Waals surface area contributed by atoms with Crippen molar-refractivity contribution in [2.45, 2.75) is 32.2 Å². The predicted octanol–water partition coefficient (Wildman–Crippen LogP) is 3.70. The van der Waals surface area contributed by atoms with Crippen molar-refractivity contribution in [3.8, 4) is 5.75 Å². The van der Waals surface area contributed by atoms with Crippen molar-refractivity contribution in [1.29, 1.82) is 0 Å². The third-order valence-corrected chi connectivity index (χ3v) is 5.57. The van der Waals surface area contributed by atoms with Crippen LogP contribution in [-0.4, -0.2) is 42.0 Å². The van der Waals surface area contributed by atoms with Gasteiger partial charge in [-0.2, -0.15) is 0 Å². The van der Waals surface area contributed by atoms with E-state index in [-0.39, 0.29) is 13.0 Å². The van der Waals surface area contributed by atoms with E-state index in [4.69, 9.17) is 14.2 Å². The molecule has 0 bridgehead atoms. The standard InChI is InChI=1S/C28H30O7/c1-33-27(31)23-11-6-12-24(16-23)34-19-22-10-5-9-20(15-22)13-14-26(30)25(17-29)28(32)35-18-21-7-3-2-4-8-21/h2-12,15-16,25-26,29-30H,13-14,17-19H2,1H3/t25-,26-/m1/s1. The molecule has 0 unspecified atom stereocenters. The zero-order valence-corrected chi connectivity index (χ0v) is 19.6. The Kier molecular flexibility index (Phi) is 9.83. The summed E-state index contributed by atoms with van der Waals surface area (Å²) in [4.78, 5) is 24.1. The maximum atomic E-state index is 12.4. The van der Waals surface area contributed by atoms with Crippen molar-refractivity contribution in [3.63, 3.8) is 0 Å². The van der Waals surface area contributed by atoms with Crippen LogP contribution in [0.2, 0.25) is 0 Å². The monoisotopic (exact) mass is 478 g/mol. The highest BCUT2D eigenvalue weighted by Gasteiger charge is 2.27. The first-order valence-corrected chi connectivity index (χ1v) is 11.4. The van der Waals surface area contributed by atoms with Crippen LogP contribution in [0.1, 0.15) is 33.5 Å². The number of hydrogen-bond donors (Lipinski definition) is 2. The van der Waals surface area contributed by atoms with Gasteiger partial charge >= 0.3 is 11.9 Å². The predicted molar refractivity (Wildman–Crippen MR) is 130 cm³/mol. The van der Waals surface area contributed by atoms with E-state index >= 15 is 0 Å². The summed E-state index contributed by atoms with van der Waals surface area (Å²) in [5.41, 5.74) is 3.13. The number of aryl methyl sites for hydroxylation is 1. The molecular weight excluding hydrogens is 448 g/mol. The van der Waals surface area contributed by atoms with Gasteiger partial charge in [-0.15, -0.1) is 0 Å². The normalized spacial score (nSPS) is 12.4. The minimum absolute atomic E-state index is 0.0907. The highest BCUT2D eigenvalue weighted by molar-refractivity contribution is 5.89. The molecule has 2 N–H and O–H groups in total. The summed E-state index contributed by atoms with van der Waals surface area (Å²) in [6.45, 7) is -0.104. The van der Waals surface area contributed by atoms with Crippen molar-refractivity contribution < 1.29 is 34.0 Å². The summed E-state index contributed by atoms with van der Waals surface area (Å²) in [5.74, 6) is -1.51. The summed E-state index contributed by atoms with van der Waals surface area (Å²) >= 11 is 0. The maximum Gasteiger partial charge on any atom is 0.337 e. The number of aliphatic hydroxyl groups excluding tert-OH is 2. The molecule has 2 atom stereocenters. The number of carbonyl (C=O) groups is 2. The first-order chi connectivity index (χ1) is 17.0. The largest absolute Gasteiger partial charge is 0.489 e. The molecule has 3 rings (SSSR count). The molecule has 0 aliphatic carbocycles. The van der Waals surface area contributed by atoms with Crippen LogP contribution < -0.4 is 4.74 Å². The molecule has 0 fully saturated rings. The fourth-order valence-electron chi connectivity index (χ4n) is 3.58. The number of aliphatic hydroxyl groups is 2. The molecule has 0 aliphatic rings. The molecule has 7 nitrogen and oxygen atoms in total. The van der Waals surface area contributed by atoms with Crippen LogP contribution in [0.4, 0.5) is 0 Å². The molecule has 184 valence electrons. The number of esters is 2. The van der Waals surface area contributed by atoms with E-state index in [2.05, 4.69) is 0 Å². The molecule has 0 spiro atoms. The van der Waals surface area contributed by atoms with E-state index in [0.29, 0.717) is 24.3 Å². The molecule has 0 aliphatic heterocycles. The lowest BCUT2D eigenvalue weighted by Gasteiger charge is -2.20. The zero-order chi connectivity index (χ0) is 25.0. The number of carbonyl (C=O) groups excluding carboxylic acids is 2. The maximum absolute atomic E-state index is 12.4.